The van der Waals surface area contributed by atoms with Gasteiger partial charge in [-0.3, -0.25) is 9.59 Å². The van der Waals surface area contributed by atoms with Crippen molar-refractivity contribution in [3.8, 4) is 11.1 Å². The van der Waals surface area contributed by atoms with Crippen molar-refractivity contribution in [1.82, 2.24) is 0 Å². The standard InChI is InChI=1S/C23H22N2O2/c1-3-22(26)24-20-10-7-11-21(16(20)2)25-23(27)19-14-12-18(13-15-19)17-8-5-4-6-9-17/h4-15H,3H2,1-2H3,(H,24,26)(H,25,27). The van der Waals surface area contributed by atoms with E-state index in [1.807, 2.05) is 79.7 Å². The summed E-state index contributed by atoms with van der Waals surface area (Å²) in [5.74, 6) is -0.241. The molecule has 136 valence electrons. The predicted octanol–water partition coefficient (Wildman–Crippen LogP) is 5.26. The first-order valence-corrected chi connectivity index (χ1v) is 8.94. The van der Waals surface area contributed by atoms with Crippen molar-refractivity contribution in [2.24, 2.45) is 0 Å². The molecule has 0 atom stereocenters. The smallest absolute Gasteiger partial charge is 0.255 e. The topological polar surface area (TPSA) is 58.2 Å². The van der Waals surface area contributed by atoms with Gasteiger partial charge in [-0.2, -0.15) is 0 Å². The zero-order valence-electron chi connectivity index (χ0n) is 15.5. The van der Waals surface area contributed by atoms with E-state index >= 15 is 0 Å². The summed E-state index contributed by atoms with van der Waals surface area (Å²) in [5, 5.41) is 5.78. The molecule has 2 N–H and O–H groups in total. The molecular weight excluding hydrogens is 336 g/mol. The Morgan fingerprint density at radius 1 is 0.741 bits per heavy atom. The molecular formula is C23H22N2O2. The molecule has 0 aliphatic heterocycles. The summed E-state index contributed by atoms with van der Waals surface area (Å²) in [6.07, 6.45) is 0.407. The Morgan fingerprint density at radius 2 is 1.33 bits per heavy atom. The maximum Gasteiger partial charge on any atom is 0.255 e. The average Bonchev–Trinajstić information content (AvgIpc) is 2.71. The molecule has 0 bridgehead atoms. The van der Waals surface area contributed by atoms with Crippen molar-refractivity contribution in [1.29, 1.82) is 0 Å². The average molecular weight is 358 g/mol. The van der Waals surface area contributed by atoms with E-state index in [2.05, 4.69) is 10.6 Å². The van der Waals surface area contributed by atoms with E-state index < -0.39 is 0 Å². The lowest BCUT2D eigenvalue weighted by atomic mass is 10.0. The van der Waals surface area contributed by atoms with Crippen molar-refractivity contribution < 1.29 is 9.59 Å². The molecule has 0 spiro atoms. The number of anilines is 2. The SMILES string of the molecule is CCC(=O)Nc1cccc(NC(=O)c2ccc(-c3ccccc3)cc2)c1C. The summed E-state index contributed by atoms with van der Waals surface area (Å²) in [7, 11) is 0. The van der Waals surface area contributed by atoms with Gasteiger partial charge in [-0.05, 0) is 47.9 Å². The van der Waals surface area contributed by atoms with Crippen molar-refractivity contribution in [2.75, 3.05) is 10.6 Å². The van der Waals surface area contributed by atoms with Gasteiger partial charge in [-0.25, -0.2) is 0 Å². The Hall–Kier alpha value is -3.40. The number of carbonyl (C=O) groups is 2. The van der Waals surface area contributed by atoms with E-state index in [4.69, 9.17) is 0 Å². The Labute approximate surface area is 159 Å². The summed E-state index contributed by atoms with van der Waals surface area (Å²) in [6.45, 7) is 3.68. The molecule has 3 rings (SSSR count). The van der Waals surface area contributed by atoms with E-state index in [0.717, 1.165) is 16.7 Å². The zero-order chi connectivity index (χ0) is 19.2. The fraction of sp³-hybridized carbons (Fsp3) is 0.130. The van der Waals surface area contributed by atoms with Gasteiger partial charge in [0.1, 0.15) is 0 Å². The number of hydrogen-bond acceptors (Lipinski definition) is 2. The summed E-state index contributed by atoms with van der Waals surface area (Å²) < 4.78 is 0. The van der Waals surface area contributed by atoms with Gasteiger partial charge < -0.3 is 10.6 Å². The van der Waals surface area contributed by atoms with Crippen LogP contribution < -0.4 is 10.6 Å². The van der Waals surface area contributed by atoms with Crippen LogP contribution in [0.4, 0.5) is 11.4 Å². The monoisotopic (exact) mass is 358 g/mol. The number of hydrogen-bond donors (Lipinski definition) is 2. The minimum atomic E-state index is -0.184. The fourth-order valence-electron chi connectivity index (χ4n) is 2.78. The third-order valence-corrected chi connectivity index (χ3v) is 4.43. The van der Waals surface area contributed by atoms with Gasteiger partial charge in [0.15, 0.2) is 0 Å². The van der Waals surface area contributed by atoms with Crippen LogP contribution in [0.25, 0.3) is 11.1 Å². The largest absolute Gasteiger partial charge is 0.326 e. The molecule has 0 heterocycles. The first-order valence-electron chi connectivity index (χ1n) is 8.94. The van der Waals surface area contributed by atoms with Crippen molar-refractivity contribution in [2.45, 2.75) is 20.3 Å². The second-order valence-electron chi connectivity index (χ2n) is 6.28. The normalized spacial score (nSPS) is 10.3. The Kier molecular flexibility index (Phi) is 5.67. The molecule has 4 heteroatoms. The molecule has 0 fully saturated rings. The number of carbonyl (C=O) groups excluding carboxylic acids is 2. The van der Waals surface area contributed by atoms with Crippen LogP contribution in [0.15, 0.2) is 72.8 Å². The quantitative estimate of drug-likeness (QED) is 0.653. The van der Waals surface area contributed by atoms with Crippen LogP contribution in [0.1, 0.15) is 29.3 Å². The van der Waals surface area contributed by atoms with Crippen LogP contribution in [0.3, 0.4) is 0 Å². The van der Waals surface area contributed by atoms with Gasteiger partial charge in [-0.15, -0.1) is 0 Å². The highest BCUT2D eigenvalue weighted by atomic mass is 16.2. The third kappa shape index (κ3) is 4.42. The van der Waals surface area contributed by atoms with E-state index in [9.17, 15) is 9.59 Å². The van der Waals surface area contributed by atoms with Gasteiger partial charge in [0.2, 0.25) is 5.91 Å². The van der Waals surface area contributed by atoms with Crippen molar-refractivity contribution in [3.63, 3.8) is 0 Å². The summed E-state index contributed by atoms with van der Waals surface area (Å²) in [6, 6.07) is 23.0. The maximum absolute atomic E-state index is 12.6. The third-order valence-electron chi connectivity index (χ3n) is 4.43. The Bertz CT molecular complexity index is 948. The lowest BCUT2D eigenvalue weighted by Gasteiger charge is -2.13. The number of rotatable bonds is 5. The summed E-state index contributed by atoms with van der Waals surface area (Å²) in [4.78, 5) is 24.2. The molecule has 0 saturated heterocycles. The van der Waals surface area contributed by atoms with Gasteiger partial charge in [0, 0.05) is 23.4 Å². The molecule has 0 aromatic heterocycles. The molecule has 0 unspecified atom stereocenters. The van der Waals surface area contributed by atoms with Crippen LogP contribution in [-0.4, -0.2) is 11.8 Å². The minimum Gasteiger partial charge on any atom is -0.326 e. The number of amides is 2. The van der Waals surface area contributed by atoms with E-state index in [-0.39, 0.29) is 11.8 Å². The van der Waals surface area contributed by atoms with E-state index in [1.54, 1.807) is 6.92 Å². The highest BCUT2D eigenvalue weighted by molar-refractivity contribution is 6.05. The Balaban J connectivity index is 1.76. The molecule has 2 amide bonds. The summed E-state index contributed by atoms with van der Waals surface area (Å²) in [5.41, 5.74) is 4.97. The van der Waals surface area contributed by atoms with E-state index in [0.29, 0.717) is 23.4 Å². The van der Waals surface area contributed by atoms with Crippen LogP contribution in [-0.2, 0) is 4.79 Å². The van der Waals surface area contributed by atoms with Crippen LogP contribution in [0.5, 0.6) is 0 Å². The first-order chi connectivity index (χ1) is 13.1. The van der Waals surface area contributed by atoms with Crippen LogP contribution >= 0.6 is 0 Å². The molecule has 0 saturated carbocycles. The van der Waals surface area contributed by atoms with Gasteiger partial charge in [0.05, 0.1) is 0 Å². The number of nitrogens with one attached hydrogen (secondary N) is 2. The van der Waals surface area contributed by atoms with Gasteiger partial charge in [0.25, 0.3) is 5.91 Å². The highest BCUT2D eigenvalue weighted by Gasteiger charge is 2.11. The molecule has 3 aromatic rings. The van der Waals surface area contributed by atoms with Crippen LogP contribution in [0, 0.1) is 6.92 Å². The maximum atomic E-state index is 12.6. The van der Waals surface area contributed by atoms with Crippen molar-refractivity contribution in [3.05, 3.63) is 83.9 Å². The molecule has 4 nitrogen and oxygen atoms in total. The molecule has 0 radical (unpaired) electrons. The lowest BCUT2D eigenvalue weighted by molar-refractivity contribution is -0.115. The Morgan fingerprint density at radius 3 is 1.96 bits per heavy atom. The predicted molar refractivity (Wildman–Crippen MR) is 110 cm³/mol. The molecule has 27 heavy (non-hydrogen) atoms. The zero-order valence-corrected chi connectivity index (χ0v) is 15.5. The minimum absolute atomic E-state index is 0.0573. The van der Waals surface area contributed by atoms with E-state index in [1.165, 1.54) is 0 Å². The van der Waals surface area contributed by atoms with Gasteiger partial charge in [-0.1, -0.05) is 55.5 Å². The molecule has 0 aliphatic carbocycles. The second kappa shape index (κ2) is 8.32. The second-order valence-corrected chi connectivity index (χ2v) is 6.28. The molecule has 3 aromatic carbocycles. The van der Waals surface area contributed by atoms with Crippen LogP contribution in [0.2, 0.25) is 0 Å². The number of benzene rings is 3. The molecule has 0 aliphatic rings. The van der Waals surface area contributed by atoms with Gasteiger partial charge >= 0.3 is 0 Å². The summed E-state index contributed by atoms with van der Waals surface area (Å²) >= 11 is 0. The highest BCUT2D eigenvalue weighted by Crippen LogP contribution is 2.25. The van der Waals surface area contributed by atoms with Crippen molar-refractivity contribution >= 4 is 23.2 Å². The fourth-order valence-corrected chi connectivity index (χ4v) is 2.78. The lowest BCUT2D eigenvalue weighted by Crippen LogP contribution is -2.15. The first kappa shape index (κ1) is 18.4.